The first-order valence-corrected chi connectivity index (χ1v) is 4.78. The average Bonchev–Trinajstić information content (AvgIpc) is 2.22. The molecule has 78 valence electrons. The van der Waals surface area contributed by atoms with Crippen molar-refractivity contribution in [2.45, 2.75) is 20.8 Å². The zero-order valence-corrected chi connectivity index (χ0v) is 9.13. The van der Waals surface area contributed by atoms with Crippen LogP contribution in [0.25, 0.3) is 0 Å². The van der Waals surface area contributed by atoms with Crippen molar-refractivity contribution < 1.29 is 9.53 Å². The summed E-state index contributed by atoms with van der Waals surface area (Å²) < 4.78 is 4.87. The van der Waals surface area contributed by atoms with Crippen molar-refractivity contribution in [3.63, 3.8) is 0 Å². The summed E-state index contributed by atoms with van der Waals surface area (Å²) in [6.45, 7) is 5.83. The lowest BCUT2D eigenvalue weighted by Crippen LogP contribution is -2.06. The molecule has 1 rings (SSSR count). The highest BCUT2D eigenvalue weighted by molar-refractivity contribution is 5.90. The molecule has 3 nitrogen and oxygen atoms in total. The Morgan fingerprint density at radius 2 is 2.13 bits per heavy atom. The molecule has 1 aromatic rings. The van der Waals surface area contributed by atoms with Crippen molar-refractivity contribution in [1.82, 2.24) is 0 Å². The third-order valence-corrected chi connectivity index (χ3v) is 2.30. The van der Waals surface area contributed by atoms with E-state index in [1.807, 2.05) is 13.8 Å². The second-order valence-corrected chi connectivity index (χ2v) is 3.30. The van der Waals surface area contributed by atoms with E-state index in [0.29, 0.717) is 17.7 Å². The van der Waals surface area contributed by atoms with Crippen molar-refractivity contribution in [1.29, 1.82) is 5.26 Å². The maximum absolute atomic E-state index is 11.4. The van der Waals surface area contributed by atoms with Gasteiger partial charge in [-0.05, 0) is 44.0 Å². The van der Waals surface area contributed by atoms with E-state index in [9.17, 15) is 4.79 Å². The van der Waals surface area contributed by atoms with Gasteiger partial charge in [0.05, 0.1) is 23.8 Å². The third-order valence-electron chi connectivity index (χ3n) is 2.30. The molecule has 0 N–H and O–H groups in total. The Hall–Kier alpha value is -1.82. The first-order chi connectivity index (χ1) is 7.10. The van der Waals surface area contributed by atoms with Crippen molar-refractivity contribution >= 4 is 5.97 Å². The van der Waals surface area contributed by atoms with Crippen LogP contribution in [0.1, 0.15) is 34.0 Å². The average molecular weight is 203 g/mol. The summed E-state index contributed by atoms with van der Waals surface area (Å²) in [5.74, 6) is -0.378. The summed E-state index contributed by atoms with van der Waals surface area (Å²) in [5.41, 5.74) is 2.80. The number of nitriles is 1. The molecular formula is C12H13NO2. The van der Waals surface area contributed by atoms with Gasteiger partial charge in [-0.25, -0.2) is 4.79 Å². The van der Waals surface area contributed by atoms with Gasteiger partial charge in [-0.2, -0.15) is 5.26 Å². The SMILES string of the molecule is CCOC(=O)c1cc(C)c(C)c(C#N)c1. The molecular weight excluding hydrogens is 190 g/mol. The highest BCUT2D eigenvalue weighted by atomic mass is 16.5. The topological polar surface area (TPSA) is 50.1 Å². The number of rotatable bonds is 2. The Bertz CT molecular complexity index is 430. The first kappa shape index (κ1) is 11.3. The van der Waals surface area contributed by atoms with Gasteiger partial charge < -0.3 is 4.74 Å². The molecule has 15 heavy (non-hydrogen) atoms. The molecule has 1 aromatic carbocycles. The van der Waals surface area contributed by atoms with Crippen LogP contribution in [-0.4, -0.2) is 12.6 Å². The Labute approximate surface area is 89.3 Å². The summed E-state index contributed by atoms with van der Waals surface area (Å²) in [5, 5.41) is 8.88. The molecule has 0 heterocycles. The number of nitrogens with zero attached hydrogens (tertiary/aromatic N) is 1. The van der Waals surface area contributed by atoms with Gasteiger partial charge in [-0.15, -0.1) is 0 Å². The van der Waals surface area contributed by atoms with Gasteiger partial charge in [0.25, 0.3) is 0 Å². The smallest absolute Gasteiger partial charge is 0.338 e. The molecule has 0 fully saturated rings. The second kappa shape index (κ2) is 4.61. The van der Waals surface area contributed by atoms with Gasteiger partial charge in [-0.3, -0.25) is 0 Å². The molecule has 0 spiro atoms. The summed E-state index contributed by atoms with van der Waals surface area (Å²) in [4.78, 5) is 11.4. The molecule has 3 heteroatoms. The monoisotopic (exact) mass is 203 g/mol. The largest absolute Gasteiger partial charge is 0.462 e. The van der Waals surface area contributed by atoms with Crippen LogP contribution in [0.2, 0.25) is 0 Å². The van der Waals surface area contributed by atoms with Crippen LogP contribution in [-0.2, 0) is 4.74 Å². The lowest BCUT2D eigenvalue weighted by molar-refractivity contribution is 0.0526. The fraction of sp³-hybridized carbons (Fsp3) is 0.333. The minimum absolute atomic E-state index is 0.341. The van der Waals surface area contributed by atoms with Crippen molar-refractivity contribution in [2.24, 2.45) is 0 Å². The van der Waals surface area contributed by atoms with Crippen LogP contribution in [0.3, 0.4) is 0 Å². The van der Waals surface area contributed by atoms with E-state index in [2.05, 4.69) is 6.07 Å². The van der Waals surface area contributed by atoms with Crippen LogP contribution in [0.15, 0.2) is 12.1 Å². The van der Waals surface area contributed by atoms with E-state index < -0.39 is 0 Å². The number of carbonyl (C=O) groups excluding carboxylic acids is 1. The minimum Gasteiger partial charge on any atom is -0.462 e. The maximum atomic E-state index is 11.4. The van der Waals surface area contributed by atoms with Gasteiger partial charge in [0.15, 0.2) is 0 Å². The summed E-state index contributed by atoms with van der Waals surface area (Å²) in [6.07, 6.45) is 0. The molecule has 0 bridgehead atoms. The minimum atomic E-state index is -0.378. The standard InChI is InChI=1S/C12H13NO2/c1-4-15-12(14)10-5-8(2)9(3)11(6-10)7-13/h5-6H,4H2,1-3H3. The van der Waals surface area contributed by atoms with E-state index in [1.54, 1.807) is 19.1 Å². The van der Waals surface area contributed by atoms with E-state index >= 15 is 0 Å². The van der Waals surface area contributed by atoms with Gasteiger partial charge in [0, 0.05) is 0 Å². The first-order valence-electron chi connectivity index (χ1n) is 4.78. The third kappa shape index (κ3) is 2.35. The lowest BCUT2D eigenvalue weighted by atomic mass is 10.0. The number of ether oxygens (including phenoxy) is 1. The molecule has 0 atom stereocenters. The van der Waals surface area contributed by atoms with Crippen LogP contribution in [0, 0.1) is 25.2 Å². The number of esters is 1. The fourth-order valence-corrected chi connectivity index (χ4v) is 1.31. The normalized spacial score (nSPS) is 9.47. The zero-order valence-electron chi connectivity index (χ0n) is 9.13. The van der Waals surface area contributed by atoms with E-state index in [0.717, 1.165) is 11.1 Å². The predicted molar refractivity (Wildman–Crippen MR) is 56.6 cm³/mol. The van der Waals surface area contributed by atoms with Gasteiger partial charge >= 0.3 is 5.97 Å². The van der Waals surface area contributed by atoms with Crippen LogP contribution in [0.5, 0.6) is 0 Å². The molecule has 0 aliphatic heterocycles. The van der Waals surface area contributed by atoms with Gasteiger partial charge in [0.1, 0.15) is 0 Å². The number of benzene rings is 1. The summed E-state index contributed by atoms with van der Waals surface area (Å²) in [6, 6.07) is 5.38. The fourth-order valence-electron chi connectivity index (χ4n) is 1.31. The Balaban J connectivity index is 3.18. The van der Waals surface area contributed by atoms with Crippen molar-refractivity contribution in [3.8, 4) is 6.07 Å². The van der Waals surface area contributed by atoms with Crippen molar-refractivity contribution in [3.05, 3.63) is 34.4 Å². The van der Waals surface area contributed by atoms with Crippen LogP contribution in [0.4, 0.5) is 0 Å². The molecule has 0 aliphatic carbocycles. The molecule has 0 radical (unpaired) electrons. The summed E-state index contributed by atoms with van der Waals surface area (Å²) in [7, 11) is 0. The Morgan fingerprint density at radius 1 is 1.47 bits per heavy atom. The highest BCUT2D eigenvalue weighted by Gasteiger charge is 2.10. The maximum Gasteiger partial charge on any atom is 0.338 e. The lowest BCUT2D eigenvalue weighted by Gasteiger charge is -2.06. The molecule has 0 unspecified atom stereocenters. The molecule has 0 aromatic heterocycles. The Morgan fingerprint density at radius 3 is 2.67 bits per heavy atom. The van der Waals surface area contributed by atoms with Crippen molar-refractivity contribution in [2.75, 3.05) is 6.61 Å². The number of hydrogen-bond donors (Lipinski definition) is 0. The number of aryl methyl sites for hydroxylation is 1. The Kier molecular flexibility index (Phi) is 3.46. The summed E-state index contributed by atoms with van der Waals surface area (Å²) >= 11 is 0. The number of hydrogen-bond acceptors (Lipinski definition) is 3. The number of carbonyl (C=O) groups is 1. The predicted octanol–water partition coefficient (Wildman–Crippen LogP) is 2.35. The highest BCUT2D eigenvalue weighted by Crippen LogP contribution is 2.16. The zero-order chi connectivity index (χ0) is 11.4. The quantitative estimate of drug-likeness (QED) is 0.693. The van der Waals surface area contributed by atoms with Gasteiger partial charge in [0.2, 0.25) is 0 Å². The molecule has 0 aliphatic rings. The van der Waals surface area contributed by atoms with E-state index in [4.69, 9.17) is 10.00 Å². The molecule has 0 saturated carbocycles. The second-order valence-electron chi connectivity index (χ2n) is 3.30. The molecule has 0 amide bonds. The van der Waals surface area contributed by atoms with Crippen LogP contribution < -0.4 is 0 Å². The van der Waals surface area contributed by atoms with Crippen LogP contribution >= 0.6 is 0 Å². The molecule has 0 saturated heterocycles. The van der Waals surface area contributed by atoms with E-state index in [1.165, 1.54) is 0 Å². The van der Waals surface area contributed by atoms with Gasteiger partial charge in [-0.1, -0.05) is 0 Å². The van der Waals surface area contributed by atoms with E-state index in [-0.39, 0.29) is 5.97 Å².